The number of rotatable bonds is 4. The average Bonchev–Trinajstić information content (AvgIpc) is 3.08. The number of nitrogens with zero attached hydrogens (tertiary/aromatic N) is 5. The van der Waals surface area contributed by atoms with Gasteiger partial charge in [0.25, 0.3) is 0 Å². The summed E-state index contributed by atoms with van der Waals surface area (Å²) in [5, 5.41) is 7.08. The highest BCUT2D eigenvalue weighted by Gasteiger charge is 2.20. The maximum absolute atomic E-state index is 5.31. The van der Waals surface area contributed by atoms with E-state index in [-0.39, 0.29) is 0 Å². The fourth-order valence-corrected chi connectivity index (χ4v) is 2.88. The van der Waals surface area contributed by atoms with Gasteiger partial charge in [0.15, 0.2) is 11.8 Å². The van der Waals surface area contributed by atoms with Crippen molar-refractivity contribution in [3.8, 4) is 5.75 Å². The second kappa shape index (κ2) is 7.87. The number of nitrogens with one attached hydrogen (secondary N) is 1. The number of piperazine rings is 1. The van der Waals surface area contributed by atoms with Crippen molar-refractivity contribution in [1.82, 2.24) is 20.4 Å². The molecule has 25 heavy (non-hydrogen) atoms. The number of benzene rings is 1. The summed E-state index contributed by atoms with van der Waals surface area (Å²) in [6.07, 6.45) is 0. The van der Waals surface area contributed by atoms with Crippen molar-refractivity contribution in [2.75, 3.05) is 45.2 Å². The molecule has 0 spiro atoms. The predicted octanol–water partition coefficient (Wildman–Crippen LogP) is 1.28. The standard InChI is InChI=1S/C17H24N6O2/c1-13-20-16(25-21-13)12-19-17(18-2)23-9-7-22(8-10-23)14-5-4-6-15(11-14)24-3/h4-6,11H,7-10,12H2,1-3H3,(H,18,19). The number of guanidine groups is 1. The van der Waals surface area contributed by atoms with Crippen LogP contribution in [0.2, 0.25) is 0 Å². The van der Waals surface area contributed by atoms with Gasteiger partial charge in [-0.2, -0.15) is 4.98 Å². The largest absolute Gasteiger partial charge is 0.497 e. The van der Waals surface area contributed by atoms with Crippen LogP contribution < -0.4 is 15.0 Å². The maximum Gasteiger partial charge on any atom is 0.246 e. The molecule has 8 nitrogen and oxygen atoms in total. The summed E-state index contributed by atoms with van der Waals surface area (Å²) in [5.74, 6) is 2.93. The number of aromatic nitrogens is 2. The highest BCUT2D eigenvalue weighted by Crippen LogP contribution is 2.22. The summed E-state index contributed by atoms with van der Waals surface area (Å²) >= 11 is 0. The highest BCUT2D eigenvalue weighted by atomic mass is 16.5. The average molecular weight is 344 g/mol. The molecule has 0 unspecified atom stereocenters. The second-order valence-corrected chi connectivity index (χ2v) is 5.81. The van der Waals surface area contributed by atoms with Gasteiger partial charge in [-0.15, -0.1) is 0 Å². The molecule has 0 amide bonds. The molecule has 2 heterocycles. The molecule has 1 saturated heterocycles. The Morgan fingerprint density at radius 2 is 2.12 bits per heavy atom. The Balaban J connectivity index is 1.54. The van der Waals surface area contributed by atoms with Crippen LogP contribution >= 0.6 is 0 Å². The van der Waals surface area contributed by atoms with Crippen LogP contribution in [0.15, 0.2) is 33.8 Å². The summed E-state index contributed by atoms with van der Waals surface area (Å²) < 4.78 is 10.4. The van der Waals surface area contributed by atoms with Gasteiger partial charge in [0.2, 0.25) is 5.89 Å². The lowest BCUT2D eigenvalue weighted by Crippen LogP contribution is -2.52. The quantitative estimate of drug-likeness (QED) is 0.661. The van der Waals surface area contributed by atoms with Crippen LogP contribution in [0, 0.1) is 6.92 Å². The van der Waals surface area contributed by atoms with Crippen LogP contribution in [0.25, 0.3) is 0 Å². The van der Waals surface area contributed by atoms with Crippen LogP contribution in [0.1, 0.15) is 11.7 Å². The van der Waals surface area contributed by atoms with Crippen molar-refractivity contribution < 1.29 is 9.26 Å². The van der Waals surface area contributed by atoms with E-state index in [1.54, 1.807) is 21.1 Å². The molecular weight excluding hydrogens is 320 g/mol. The van der Waals surface area contributed by atoms with Crippen molar-refractivity contribution in [3.63, 3.8) is 0 Å². The lowest BCUT2D eigenvalue weighted by atomic mass is 10.2. The van der Waals surface area contributed by atoms with Crippen molar-refractivity contribution in [2.24, 2.45) is 4.99 Å². The second-order valence-electron chi connectivity index (χ2n) is 5.81. The van der Waals surface area contributed by atoms with Crippen LogP contribution in [-0.2, 0) is 6.54 Å². The molecule has 1 N–H and O–H groups in total. The molecule has 0 bridgehead atoms. The summed E-state index contributed by atoms with van der Waals surface area (Å²) in [7, 11) is 3.48. The molecule has 1 aliphatic rings. The molecular formula is C17H24N6O2. The first-order chi connectivity index (χ1) is 12.2. The minimum Gasteiger partial charge on any atom is -0.497 e. The number of aryl methyl sites for hydroxylation is 1. The normalized spacial score (nSPS) is 15.4. The number of hydrogen-bond donors (Lipinski definition) is 1. The fraction of sp³-hybridized carbons (Fsp3) is 0.471. The fourth-order valence-electron chi connectivity index (χ4n) is 2.88. The van der Waals surface area contributed by atoms with Gasteiger partial charge in [-0.3, -0.25) is 4.99 Å². The van der Waals surface area contributed by atoms with Gasteiger partial charge in [-0.05, 0) is 19.1 Å². The zero-order valence-electron chi connectivity index (χ0n) is 14.9. The SMILES string of the molecule is CN=C(NCc1nc(C)no1)N1CCN(c2cccc(OC)c2)CC1. The summed E-state index contributed by atoms with van der Waals surface area (Å²) in [4.78, 5) is 13.1. The zero-order chi connectivity index (χ0) is 17.6. The van der Waals surface area contributed by atoms with Gasteiger partial charge in [-0.25, -0.2) is 0 Å². The molecule has 0 atom stereocenters. The van der Waals surface area contributed by atoms with E-state index in [1.165, 1.54) is 5.69 Å². The van der Waals surface area contributed by atoms with E-state index in [0.717, 1.165) is 37.9 Å². The first kappa shape index (κ1) is 17.1. The molecule has 0 saturated carbocycles. The Morgan fingerprint density at radius 3 is 2.76 bits per heavy atom. The molecule has 1 aromatic heterocycles. The number of anilines is 1. The minimum absolute atomic E-state index is 0.476. The molecule has 1 fully saturated rings. The van der Waals surface area contributed by atoms with Crippen molar-refractivity contribution in [2.45, 2.75) is 13.5 Å². The number of hydrogen-bond acceptors (Lipinski definition) is 6. The van der Waals surface area contributed by atoms with E-state index in [0.29, 0.717) is 18.3 Å². The molecule has 1 aromatic carbocycles. The lowest BCUT2D eigenvalue weighted by molar-refractivity contribution is 0.353. The van der Waals surface area contributed by atoms with Gasteiger partial charge in [0.1, 0.15) is 5.75 Å². The number of ether oxygens (including phenoxy) is 1. The Morgan fingerprint density at radius 1 is 1.32 bits per heavy atom. The van der Waals surface area contributed by atoms with Crippen molar-refractivity contribution in [1.29, 1.82) is 0 Å². The molecule has 3 rings (SSSR count). The smallest absolute Gasteiger partial charge is 0.246 e. The van der Waals surface area contributed by atoms with Gasteiger partial charge in [-0.1, -0.05) is 11.2 Å². The van der Waals surface area contributed by atoms with E-state index >= 15 is 0 Å². The number of aliphatic imine (C=N–C) groups is 1. The molecule has 0 radical (unpaired) electrons. The van der Waals surface area contributed by atoms with Crippen LogP contribution in [0.5, 0.6) is 5.75 Å². The van der Waals surface area contributed by atoms with E-state index in [9.17, 15) is 0 Å². The van der Waals surface area contributed by atoms with Crippen LogP contribution in [-0.4, -0.2) is 61.3 Å². The Hall–Kier alpha value is -2.77. The van der Waals surface area contributed by atoms with E-state index < -0.39 is 0 Å². The minimum atomic E-state index is 0.476. The third kappa shape index (κ3) is 4.20. The Bertz CT molecular complexity index is 721. The third-order valence-corrected chi connectivity index (χ3v) is 4.18. The molecule has 1 aliphatic heterocycles. The van der Waals surface area contributed by atoms with Gasteiger partial charge < -0.3 is 24.4 Å². The number of methoxy groups -OCH3 is 1. The van der Waals surface area contributed by atoms with Crippen molar-refractivity contribution in [3.05, 3.63) is 36.0 Å². The molecule has 2 aromatic rings. The van der Waals surface area contributed by atoms with Gasteiger partial charge in [0.05, 0.1) is 13.7 Å². The third-order valence-electron chi connectivity index (χ3n) is 4.18. The van der Waals surface area contributed by atoms with Crippen LogP contribution in [0.3, 0.4) is 0 Å². The summed E-state index contributed by atoms with van der Waals surface area (Å²) in [5.41, 5.74) is 1.18. The Kier molecular flexibility index (Phi) is 5.37. The first-order valence-electron chi connectivity index (χ1n) is 8.33. The monoisotopic (exact) mass is 344 g/mol. The van der Waals surface area contributed by atoms with E-state index in [4.69, 9.17) is 9.26 Å². The molecule has 8 heteroatoms. The highest BCUT2D eigenvalue weighted by molar-refractivity contribution is 5.80. The Labute approximate surface area is 147 Å². The maximum atomic E-state index is 5.31. The van der Waals surface area contributed by atoms with Gasteiger partial charge in [0, 0.05) is 45.0 Å². The molecule has 0 aliphatic carbocycles. The summed E-state index contributed by atoms with van der Waals surface area (Å²) in [6.45, 7) is 5.91. The van der Waals surface area contributed by atoms with Crippen LogP contribution in [0.4, 0.5) is 5.69 Å². The topological polar surface area (TPSA) is 79.0 Å². The van der Waals surface area contributed by atoms with Gasteiger partial charge >= 0.3 is 0 Å². The van der Waals surface area contributed by atoms with E-state index in [1.807, 2.05) is 12.1 Å². The first-order valence-corrected chi connectivity index (χ1v) is 8.33. The predicted molar refractivity (Wildman–Crippen MR) is 96.0 cm³/mol. The summed E-state index contributed by atoms with van der Waals surface area (Å²) in [6, 6.07) is 8.17. The molecule has 134 valence electrons. The van der Waals surface area contributed by atoms with Crippen molar-refractivity contribution >= 4 is 11.6 Å². The zero-order valence-corrected chi connectivity index (χ0v) is 14.9. The van der Waals surface area contributed by atoms with E-state index in [2.05, 4.69) is 42.4 Å². The lowest BCUT2D eigenvalue weighted by Gasteiger charge is -2.37.